The maximum atomic E-state index is 5.47. The van der Waals surface area contributed by atoms with Crippen molar-refractivity contribution >= 4 is 27.0 Å². The predicted octanol–water partition coefficient (Wildman–Crippen LogP) is 3.55. The molecule has 6 rings (SSSR count). The summed E-state index contributed by atoms with van der Waals surface area (Å²) in [7, 11) is 0. The molecule has 0 bridgehead atoms. The molecule has 0 N–H and O–H groups in total. The molecular weight excluding hydrogens is 607 g/mol. The number of halogens is 2. The van der Waals surface area contributed by atoms with Crippen molar-refractivity contribution < 1.29 is 57.0 Å². The number of rotatable bonds is 4. The summed E-state index contributed by atoms with van der Waals surface area (Å²) in [5.74, 6) is 1.89. The van der Waals surface area contributed by atoms with E-state index < -0.39 is 0 Å². The minimum absolute atomic E-state index is 0. The Morgan fingerprint density at radius 2 is 1.05 bits per heavy atom. The van der Waals surface area contributed by atoms with E-state index in [2.05, 4.69) is 87.6 Å². The molecule has 0 radical (unpaired) electrons. The Labute approximate surface area is 253 Å². The van der Waals surface area contributed by atoms with Crippen LogP contribution in [0.4, 0.5) is 0 Å². The molecule has 0 unspecified atom stereocenters. The zero-order chi connectivity index (χ0) is 25.5. The maximum absolute atomic E-state index is 5.47. The Hall–Kier alpha value is -2.10. The molecule has 0 spiro atoms. The third-order valence-corrected chi connectivity index (χ3v) is 6.01. The van der Waals surface area contributed by atoms with Gasteiger partial charge in [0.1, 0.15) is 11.5 Å². The van der Waals surface area contributed by atoms with E-state index in [4.69, 9.17) is 8.83 Å². The predicted molar refractivity (Wildman–Crippen MR) is 151 cm³/mol. The Kier molecular flexibility index (Phi) is 13.1. The minimum atomic E-state index is 0. The minimum Gasteiger partial charge on any atom is -1.00 e. The van der Waals surface area contributed by atoms with Crippen LogP contribution >= 0.6 is 0 Å². The normalized spacial score (nSPS) is 10.1. The third-order valence-electron chi connectivity index (χ3n) is 6.01. The van der Waals surface area contributed by atoms with Crippen LogP contribution < -0.4 is 24.8 Å². The maximum Gasteiger partial charge on any atom is -1.00 e. The second kappa shape index (κ2) is 15.5. The van der Waals surface area contributed by atoms with Crippen molar-refractivity contribution in [3.63, 3.8) is 0 Å². The van der Waals surface area contributed by atoms with E-state index in [-0.39, 0.29) is 30.2 Å². The van der Waals surface area contributed by atoms with Crippen LogP contribution in [0.1, 0.15) is 25.0 Å². The van der Waals surface area contributed by atoms with Gasteiger partial charge in [0.2, 0.25) is 0 Å². The van der Waals surface area contributed by atoms with Crippen LogP contribution in [0.25, 0.3) is 44.2 Å². The van der Waals surface area contributed by atoms with Gasteiger partial charge in [-0.3, -0.25) is 0 Å². The van der Waals surface area contributed by atoms with E-state index in [9.17, 15) is 0 Å². The standard InChI is InChI=1S/2C15H13O.C2H6Si.2ClH.Zr/c2*1-2-11-9-12-5-3-6-13(14(12)10-11)15-7-4-8-16-15;1-3-2;;;/h2*3-10H,2H2,1H3;1-2H3;2*1H;/q2*-1;;;;+2/p-2. The number of fused-ring (bicyclic) bond motifs is 2. The summed E-state index contributed by atoms with van der Waals surface area (Å²) in [6, 6.07) is 29.6. The van der Waals surface area contributed by atoms with Gasteiger partial charge in [0.15, 0.2) is 0 Å². The van der Waals surface area contributed by atoms with E-state index >= 15 is 0 Å². The average molecular weight is 639 g/mol. The average Bonchev–Trinajstić information content (AvgIpc) is 3.69. The first-order valence-corrected chi connectivity index (χ1v) is 18.6. The smallest absolute Gasteiger partial charge is 1.00 e. The molecule has 0 saturated heterocycles. The van der Waals surface area contributed by atoms with Crippen LogP contribution in [-0.2, 0) is 36.2 Å². The number of hydrogen-bond acceptors (Lipinski definition) is 2. The van der Waals surface area contributed by atoms with Gasteiger partial charge in [-0.2, -0.15) is 12.1 Å². The van der Waals surface area contributed by atoms with Crippen LogP contribution in [0.2, 0.25) is 13.1 Å². The van der Waals surface area contributed by atoms with Crippen molar-refractivity contribution in [2.75, 3.05) is 0 Å². The number of benzene rings is 2. The number of hydrogen-bond donors (Lipinski definition) is 0. The van der Waals surface area contributed by atoms with Gasteiger partial charge in [0, 0.05) is 0 Å². The van der Waals surface area contributed by atoms with Crippen molar-refractivity contribution in [1.29, 1.82) is 0 Å². The first-order chi connectivity index (χ1) is 17.5. The molecule has 6 aromatic rings. The molecule has 0 aliphatic rings. The van der Waals surface area contributed by atoms with E-state index in [1.807, 2.05) is 24.3 Å². The SMILES string of the molecule is CCc1cc2c(-c3ccco3)cccc2[cH-]1.CCc1cc2c(-c3ccco3)cccc2[cH-]1.C[Si](C)=[Zr+2].[Cl-].[Cl-]. The quantitative estimate of drug-likeness (QED) is 0.218. The second-order valence-electron chi connectivity index (χ2n) is 9.01. The zero-order valence-corrected chi connectivity index (χ0v) is 27.2. The molecular formula is C32H32Cl2O2SiZr-2. The summed E-state index contributed by atoms with van der Waals surface area (Å²) in [4.78, 5) is 0. The van der Waals surface area contributed by atoms with E-state index in [1.165, 1.54) is 43.8 Å². The van der Waals surface area contributed by atoms with Gasteiger partial charge in [0.05, 0.1) is 12.5 Å². The van der Waals surface area contributed by atoms with E-state index in [0.717, 1.165) is 24.4 Å². The largest absolute Gasteiger partial charge is 1.00 e. The topological polar surface area (TPSA) is 26.3 Å². The second-order valence-corrected chi connectivity index (χ2v) is 18.4. The monoisotopic (exact) mass is 636 g/mol. The first-order valence-electron chi connectivity index (χ1n) is 12.5. The fourth-order valence-electron chi connectivity index (χ4n) is 4.30. The molecule has 4 aromatic carbocycles. The molecule has 6 heteroatoms. The van der Waals surface area contributed by atoms with Gasteiger partial charge in [-0.25, -0.2) is 0 Å². The molecule has 0 amide bonds. The van der Waals surface area contributed by atoms with Crippen molar-refractivity contribution in [2.45, 2.75) is 39.8 Å². The van der Waals surface area contributed by atoms with Gasteiger partial charge in [0.25, 0.3) is 0 Å². The molecule has 38 heavy (non-hydrogen) atoms. The van der Waals surface area contributed by atoms with Crippen LogP contribution in [0.5, 0.6) is 0 Å². The Morgan fingerprint density at radius 1 is 0.658 bits per heavy atom. The van der Waals surface area contributed by atoms with E-state index in [1.54, 1.807) is 35.9 Å². The summed E-state index contributed by atoms with van der Waals surface area (Å²) < 4.78 is 10.9. The van der Waals surface area contributed by atoms with Gasteiger partial charge in [-0.15, -0.1) is 69.1 Å². The Bertz CT molecular complexity index is 1430. The molecule has 2 aromatic heterocycles. The fourth-order valence-corrected chi connectivity index (χ4v) is 4.30. The number of aryl methyl sites for hydroxylation is 2. The van der Waals surface area contributed by atoms with Crippen LogP contribution in [0.3, 0.4) is 0 Å². The summed E-state index contributed by atoms with van der Waals surface area (Å²) in [5, 5.41) is 5.17. The molecule has 196 valence electrons. The molecule has 0 aliphatic heterocycles. The van der Waals surface area contributed by atoms with Gasteiger partial charge < -0.3 is 33.6 Å². The summed E-state index contributed by atoms with van der Waals surface area (Å²) in [5.41, 5.74) is 5.34. The van der Waals surface area contributed by atoms with Crippen molar-refractivity contribution in [2.24, 2.45) is 0 Å². The molecule has 2 heterocycles. The van der Waals surface area contributed by atoms with Crippen molar-refractivity contribution in [3.05, 3.63) is 109 Å². The number of furan rings is 2. The molecule has 0 atom stereocenters. The van der Waals surface area contributed by atoms with Gasteiger partial charge in [-0.1, -0.05) is 26.0 Å². The molecule has 2 nitrogen and oxygen atoms in total. The summed E-state index contributed by atoms with van der Waals surface area (Å²) >= 11 is 1.74. The molecule has 0 aliphatic carbocycles. The summed E-state index contributed by atoms with van der Waals surface area (Å²) in [6.45, 7) is 8.98. The fraction of sp³-hybridized carbons (Fsp3) is 0.188. The van der Waals surface area contributed by atoms with Gasteiger partial charge in [-0.05, 0) is 48.2 Å². The van der Waals surface area contributed by atoms with Crippen LogP contribution in [0, 0.1) is 0 Å². The first kappa shape index (κ1) is 32.1. The van der Waals surface area contributed by atoms with Gasteiger partial charge >= 0.3 is 41.9 Å². The van der Waals surface area contributed by atoms with E-state index in [0.29, 0.717) is 0 Å². The summed E-state index contributed by atoms with van der Waals surface area (Å²) in [6.07, 6.45) is 5.59. The zero-order valence-electron chi connectivity index (χ0n) is 22.2. The van der Waals surface area contributed by atoms with Crippen LogP contribution in [-0.4, -0.2) is 5.43 Å². The van der Waals surface area contributed by atoms with Crippen molar-refractivity contribution in [3.8, 4) is 22.6 Å². The molecule has 0 fully saturated rings. The molecule has 0 saturated carbocycles. The third kappa shape index (κ3) is 7.96. The Morgan fingerprint density at radius 3 is 1.37 bits per heavy atom. The van der Waals surface area contributed by atoms with Crippen LogP contribution in [0.15, 0.2) is 106 Å². The Balaban J connectivity index is 0.000000224. The van der Waals surface area contributed by atoms with Crippen molar-refractivity contribution in [1.82, 2.24) is 0 Å².